The van der Waals surface area contributed by atoms with Crippen molar-refractivity contribution in [3.05, 3.63) is 131 Å². The molecule has 0 radical (unpaired) electrons. The fourth-order valence-electron chi connectivity index (χ4n) is 5.59. The molecule has 8 rings (SSSR count). The molecule has 8 aromatic rings. The molecule has 0 fully saturated rings. The lowest BCUT2D eigenvalue weighted by Crippen LogP contribution is -2.07. The third-order valence-corrected chi connectivity index (χ3v) is 8.15. The number of imidazole rings is 2. The average molecular weight is 717 g/mol. The highest BCUT2D eigenvalue weighted by Crippen LogP contribution is 2.26. The van der Waals surface area contributed by atoms with Crippen molar-refractivity contribution in [1.29, 1.82) is 0 Å². The Balaban J connectivity index is 0.000000162. The molecular weight excluding hydrogens is 686 g/mol. The maximum absolute atomic E-state index is 13.7. The van der Waals surface area contributed by atoms with E-state index in [1.807, 2.05) is 57.2 Å². The minimum Gasteiger partial charge on any atom is -0.383 e. The van der Waals surface area contributed by atoms with Gasteiger partial charge in [0.25, 0.3) is 0 Å². The molecule has 0 aliphatic heterocycles. The van der Waals surface area contributed by atoms with E-state index in [2.05, 4.69) is 40.5 Å². The zero-order valence-corrected chi connectivity index (χ0v) is 28.9. The molecule has 4 heterocycles. The number of nitrogens with zero attached hydrogens (tertiary/aromatic N) is 8. The van der Waals surface area contributed by atoms with Gasteiger partial charge in [-0.25, -0.2) is 18.7 Å². The van der Waals surface area contributed by atoms with Crippen molar-refractivity contribution >= 4 is 68.6 Å². The van der Waals surface area contributed by atoms with Crippen LogP contribution in [0.3, 0.4) is 0 Å². The fourth-order valence-corrected chi connectivity index (χ4v) is 5.72. The normalized spacial score (nSPS) is 11.0. The summed E-state index contributed by atoms with van der Waals surface area (Å²) in [7, 11) is 0. The summed E-state index contributed by atoms with van der Waals surface area (Å²) >= 11 is 5.90. The van der Waals surface area contributed by atoms with Crippen molar-refractivity contribution in [2.24, 2.45) is 0 Å². The number of nitrogens with one attached hydrogen (secondary N) is 2. The number of nitrogens with two attached hydrogens (primary N) is 2. The number of fused-ring (bicyclic) bond motifs is 2. The van der Waals surface area contributed by atoms with Gasteiger partial charge in [0, 0.05) is 40.7 Å². The maximum Gasteiger partial charge on any atom is 0.231 e. The van der Waals surface area contributed by atoms with Gasteiger partial charge in [0.2, 0.25) is 11.9 Å². The zero-order chi connectivity index (χ0) is 36.5. The lowest BCUT2D eigenvalue weighted by molar-refractivity contribution is 0.628. The molecular formula is C37H31ClF2N12. The van der Waals surface area contributed by atoms with Crippen molar-refractivity contribution in [3.63, 3.8) is 0 Å². The summed E-state index contributed by atoms with van der Waals surface area (Å²) < 4.78 is 30.9. The number of aryl methyl sites for hydroxylation is 3. The standard InChI is InChI=1S/C19H17FN6.C18H14ClFN6/c1-11-3-6-14(7-4-11)23-19-24-17(21)10-18(25-19)26-12(2)22-15-8-5-13(20)9-16(15)26;1-10-22-14-7-4-12(20)8-15(14)26(10)17-9-16(21)24-18(25-17)23-13-5-2-11(19)3-6-13/h3-10H,1-2H3,(H3,21,23,24,25);2-9H,1H3,(H3,21,23,24,25). The molecule has 0 bridgehead atoms. The Morgan fingerprint density at radius 3 is 1.40 bits per heavy atom. The molecule has 4 aromatic heterocycles. The Bertz CT molecular complexity index is 2390. The molecule has 260 valence electrons. The molecule has 52 heavy (non-hydrogen) atoms. The number of anilines is 6. The van der Waals surface area contributed by atoms with Crippen molar-refractivity contribution in [2.75, 3.05) is 22.1 Å². The third-order valence-electron chi connectivity index (χ3n) is 7.90. The third kappa shape index (κ3) is 7.27. The van der Waals surface area contributed by atoms with Gasteiger partial charge in [-0.05, 0) is 81.4 Å². The largest absolute Gasteiger partial charge is 0.383 e. The van der Waals surface area contributed by atoms with Gasteiger partial charge in [-0.15, -0.1) is 0 Å². The second-order valence-electron chi connectivity index (χ2n) is 11.8. The van der Waals surface area contributed by atoms with Gasteiger partial charge in [-0.1, -0.05) is 29.3 Å². The smallest absolute Gasteiger partial charge is 0.231 e. The number of halogens is 3. The number of nitrogen functional groups attached to an aromatic ring is 2. The van der Waals surface area contributed by atoms with Crippen LogP contribution in [0.5, 0.6) is 0 Å². The molecule has 6 N–H and O–H groups in total. The monoisotopic (exact) mass is 716 g/mol. The Labute approximate surface area is 301 Å². The minimum absolute atomic E-state index is 0.282. The van der Waals surface area contributed by atoms with Gasteiger partial charge in [0.05, 0.1) is 22.1 Å². The molecule has 0 saturated heterocycles. The van der Waals surface area contributed by atoms with Crippen LogP contribution in [0, 0.1) is 32.4 Å². The summed E-state index contributed by atoms with van der Waals surface area (Å²) in [5.74, 6) is 2.97. The molecule has 0 unspecified atom stereocenters. The van der Waals surface area contributed by atoms with Gasteiger partial charge in [0.15, 0.2) is 0 Å². The first-order chi connectivity index (χ1) is 25.0. The van der Waals surface area contributed by atoms with E-state index in [0.29, 0.717) is 68.1 Å². The molecule has 0 aliphatic rings. The van der Waals surface area contributed by atoms with E-state index in [4.69, 9.17) is 23.1 Å². The van der Waals surface area contributed by atoms with Crippen molar-refractivity contribution in [3.8, 4) is 11.6 Å². The maximum atomic E-state index is 13.7. The van der Waals surface area contributed by atoms with E-state index in [9.17, 15) is 8.78 Å². The molecule has 0 spiro atoms. The van der Waals surface area contributed by atoms with Crippen LogP contribution >= 0.6 is 11.6 Å². The summed E-state index contributed by atoms with van der Waals surface area (Å²) in [5, 5.41) is 6.86. The predicted octanol–water partition coefficient (Wildman–Crippen LogP) is 8.14. The molecule has 4 aromatic carbocycles. The van der Waals surface area contributed by atoms with Crippen molar-refractivity contribution in [2.45, 2.75) is 20.8 Å². The average Bonchev–Trinajstić information content (AvgIpc) is 3.60. The summed E-state index contributed by atoms with van der Waals surface area (Å²) in [6.07, 6.45) is 0. The SMILES string of the molecule is Cc1ccc(Nc2nc(N)cc(-n3c(C)nc4ccc(F)cc43)n2)cc1.Cc1nc2ccc(F)cc2n1-c1cc(N)nc(Nc2ccc(Cl)cc2)n1. The van der Waals surface area contributed by atoms with Gasteiger partial charge < -0.3 is 22.1 Å². The second kappa shape index (κ2) is 13.9. The number of aromatic nitrogens is 8. The van der Waals surface area contributed by atoms with Gasteiger partial charge in [-0.2, -0.15) is 19.9 Å². The predicted molar refractivity (Wildman–Crippen MR) is 201 cm³/mol. The van der Waals surface area contributed by atoms with Gasteiger partial charge in [0.1, 0.15) is 46.6 Å². The first-order valence-electron chi connectivity index (χ1n) is 15.9. The number of benzene rings is 4. The second-order valence-corrected chi connectivity index (χ2v) is 12.3. The van der Waals surface area contributed by atoms with Crippen molar-refractivity contribution in [1.82, 2.24) is 39.0 Å². The highest BCUT2D eigenvalue weighted by Gasteiger charge is 2.15. The molecule has 0 aliphatic carbocycles. The van der Waals surface area contributed by atoms with E-state index in [1.54, 1.807) is 45.5 Å². The molecule has 0 atom stereocenters. The number of rotatable bonds is 6. The number of hydrogen-bond donors (Lipinski definition) is 4. The Morgan fingerprint density at radius 2 is 0.962 bits per heavy atom. The highest BCUT2D eigenvalue weighted by molar-refractivity contribution is 6.30. The lowest BCUT2D eigenvalue weighted by atomic mass is 10.2. The Hall–Kier alpha value is -6.67. The minimum atomic E-state index is -0.347. The molecule has 15 heteroatoms. The van der Waals surface area contributed by atoms with E-state index in [1.165, 1.54) is 24.3 Å². The summed E-state index contributed by atoms with van der Waals surface area (Å²) in [6, 6.07) is 27.1. The lowest BCUT2D eigenvalue weighted by Gasteiger charge is -2.10. The molecule has 0 amide bonds. The summed E-state index contributed by atoms with van der Waals surface area (Å²) in [4.78, 5) is 26.4. The van der Waals surface area contributed by atoms with Crippen LogP contribution < -0.4 is 22.1 Å². The number of hydrogen-bond acceptors (Lipinski definition) is 10. The van der Waals surface area contributed by atoms with E-state index < -0.39 is 0 Å². The van der Waals surface area contributed by atoms with E-state index >= 15 is 0 Å². The van der Waals surface area contributed by atoms with Gasteiger partial charge in [-0.3, -0.25) is 9.13 Å². The first kappa shape index (κ1) is 33.8. The van der Waals surface area contributed by atoms with Crippen LogP contribution in [0.2, 0.25) is 5.02 Å². The molecule has 12 nitrogen and oxygen atoms in total. The fraction of sp³-hybridized carbons (Fsp3) is 0.0811. The van der Waals surface area contributed by atoms with Crippen LogP contribution in [0.25, 0.3) is 33.7 Å². The van der Waals surface area contributed by atoms with Gasteiger partial charge >= 0.3 is 0 Å². The van der Waals surface area contributed by atoms with E-state index in [-0.39, 0.29) is 17.5 Å². The topological polar surface area (TPSA) is 163 Å². The van der Waals surface area contributed by atoms with E-state index in [0.717, 1.165) is 16.9 Å². The summed E-state index contributed by atoms with van der Waals surface area (Å²) in [5.41, 5.74) is 17.3. The van der Waals surface area contributed by atoms with Crippen LogP contribution in [0.15, 0.2) is 97.1 Å². The Morgan fingerprint density at radius 1 is 0.538 bits per heavy atom. The first-order valence-corrected chi connectivity index (χ1v) is 16.3. The quantitative estimate of drug-likeness (QED) is 0.132. The Kier molecular flexibility index (Phi) is 9.05. The van der Waals surface area contributed by atoms with Crippen LogP contribution in [-0.2, 0) is 0 Å². The summed E-state index contributed by atoms with van der Waals surface area (Å²) in [6.45, 7) is 5.68. The highest BCUT2D eigenvalue weighted by atomic mass is 35.5. The van der Waals surface area contributed by atoms with Crippen molar-refractivity contribution < 1.29 is 8.78 Å². The van der Waals surface area contributed by atoms with Crippen LogP contribution in [0.4, 0.5) is 43.7 Å². The molecule has 0 saturated carbocycles. The zero-order valence-electron chi connectivity index (χ0n) is 28.1. The van der Waals surface area contributed by atoms with Crippen LogP contribution in [0.1, 0.15) is 17.2 Å². The van der Waals surface area contributed by atoms with Crippen LogP contribution in [-0.4, -0.2) is 39.0 Å².